The highest BCUT2D eigenvalue weighted by atomic mass is 35.5. The summed E-state index contributed by atoms with van der Waals surface area (Å²) in [4.78, 5) is 23.3. The van der Waals surface area contributed by atoms with Crippen LogP contribution in [-0.2, 0) is 20.1 Å². The summed E-state index contributed by atoms with van der Waals surface area (Å²) in [5, 5.41) is 3.62. The van der Waals surface area contributed by atoms with Gasteiger partial charge in [-0.05, 0) is 29.8 Å². The topological polar surface area (TPSA) is 55.4 Å². The Balaban J connectivity index is 1.66. The Morgan fingerprint density at radius 1 is 1.04 bits per heavy atom. The molecule has 7 heteroatoms. The van der Waals surface area contributed by atoms with Crippen LogP contribution in [0.1, 0.15) is 5.56 Å². The zero-order valence-electron chi connectivity index (χ0n) is 12.6. The summed E-state index contributed by atoms with van der Waals surface area (Å²) in [5.41, 5.74) is 1.62. The molecule has 0 aliphatic carbocycles. The van der Waals surface area contributed by atoms with Gasteiger partial charge in [0, 0.05) is 11.4 Å². The second-order valence-corrected chi connectivity index (χ2v) is 6.62. The number of ether oxygens (including phenoxy) is 1. The second-order valence-electron chi connectivity index (χ2n) is 4.82. The number of anilines is 1. The number of rotatable bonds is 7. The van der Waals surface area contributed by atoms with Gasteiger partial charge < -0.3 is 10.1 Å². The van der Waals surface area contributed by atoms with Crippen molar-refractivity contribution in [1.29, 1.82) is 0 Å². The van der Waals surface area contributed by atoms with Crippen LogP contribution in [0, 0.1) is 0 Å². The predicted molar refractivity (Wildman–Crippen MR) is 98.7 cm³/mol. The van der Waals surface area contributed by atoms with Gasteiger partial charge >= 0.3 is 5.97 Å². The monoisotopic (exact) mass is 383 g/mol. The third kappa shape index (κ3) is 6.43. The maximum absolute atomic E-state index is 11.7. The number of thioether (sulfide) groups is 1. The summed E-state index contributed by atoms with van der Waals surface area (Å²) in [6, 6.07) is 14.3. The Morgan fingerprint density at radius 2 is 1.79 bits per heavy atom. The number of nitrogens with one attached hydrogen (secondary N) is 1. The summed E-state index contributed by atoms with van der Waals surface area (Å²) in [5.74, 6) is -0.0616. The number of benzene rings is 2. The molecule has 2 rings (SSSR count). The van der Waals surface area contributed by atoms with Gasteiger partial charge in [-0.1, -0.05) is 47.5 Å². The first-order valence-electron chi connectivity index (χ1n) is 7.07. The lowest BCUT2D eigenvalue weighted by molar-refractivity contribution is -0.144. The molecule has 2 aromatic rings. The number of halogens is 2. The van der Waals surface area contributed by atoms with E-state index in [1.807, 2.05) is 12.1 Å². The van der Waals surface area contributed by atoms with Gasteiger partial charge in [0.1, 0.15) is 0 Å². The zero-order valence-corrected chi connectivity index (χ0v) is 15.0. The minimum atomic E-state index is -0.441. The first-order chi connectivity index (χ1) is 11.5. The molecule has 0 aliphatic rings. The van der Waals surface area contributed by atoms with Crippen LogP contribution in [0.5, 0.6) is 0 Å². The summed E-state index contributed by atoms with van der Waals surface area (Å²) in [6.45, 7) is -0.305. The minimum Gasteiger partial charge on any atom is -0.455 e. The Labute approximate surface area is 154 Å². The van der Waals surface area contributed by atoms with Gasteiger partial charge in [-0.2, -0.15) is 0 Å². The molecule has 0 bridgehead atoms. The van der Waals surface area contributed by atoms with Crippen molar-refractivity contribution in [2.45, 2.75) is 5.75 Å². The average molecular weight is 384 g/mol. The number of hydrogen-bond acceptors (Lipinski definition) is 4. The molecule has 0 atom stereocenters. The third-order valence-corrected chi connectivity index (χ3v) is 4.61. The van der Waals surface area contributed by atoms with E-state index in [1.165, 1.54) is 11.8 Å². The lowest BCUT2D eigenvalue weighted by Gasteiger charge is -2.07. The SMILES string of the molecule is O=C(COC(=O)CSCc1ccc(Cl)c(Cl)c1)Nc1ccccc1. The van der Waals surface area contributed by atoms with Crippen molar-refractivity contribution in [3.63, 3.8) is 0 Å². The van der Waals surface area contributed by atoms with Crippen LogP contribution >= 0.6 is 35.0 Å². The molecule has 0 radical (unpaired) electrons. The van der Waals surface area contributed by atoms with Crippen LogP contribution in [0.15, 0.2) is 48.5 Å². The fourth-order valence-corrected chi connectivity index (χ4v) is 2.88. The molecule has 0 unspecified atom stereocenters. The van der Waals surface area contributed by atoms with Crippen LogP contribution in [-0.4, -0.2) is 24.2 Å². The van der Waals surface area contributed by atoms with Crippen molar-refractivity contribution in [3.8, 4) is 0 Å². The highest BCUT2D eigenvalue weighted by molar-refractivity contribution is 7.99. The summed E-state index contributed by atoms with van der Waals surface area (Å²) < 4.78 is 4.94. The Kier molecular flexibility index (Phi) is 7.43. The Bertz CT molecular complexity index is 710. The molecule has 0 heterocycles. The van der Waals surface area contributed by atoms with Gasteiger partial charge in [-0.3, -0.25) is 9.59 Å². The molecule has 126 valence electrons. The predicted octanol–water partition coefficient (Wildman–Crippen LogP) is 4.41. The van der Waals surface area contributed by atoms with Crippen LogP contribution in [0.2, 0.25) is 10.0 Å². The standard InChI is InChI=1S/C17H15Cl2NO3S/c18-14-7-6-12(8-15(14)19)10-24-11-17(22)23-9-16(21)20-13-4-2-1-3-5-13/h1-8H,9-11H2,(H,20,21). The number of para-hydroxylation sites is 1. The normalized spacial score (nSPS) is 10.2. The van der Waals surface area contributed by atoms with Crippen molar-refractivity contribution in [2.24, 2.45) is 0 Å². The first-order valence-corrected chi connectivity index (χ1v) is 8.98. The van der Waals surface area contributed by atoms with Crippen molar-refractivity contribution in [1.82, 2.24) is 0 Å². The van der Waals surface area contributed by atoms with Crippen LogP contribution in [0.25, 0.3) is 0 Å². The highest BCUT2D eigenvalue weighted by Gasteiger charge is 2.08. The van der Waals surface area contributed by atoms with E-state index >= 15 is 0 Å². The molecule has 1 N–H and O–H groups in total. The molecule has 24 heavy (non-hydrogen) atoms. The Hall–Kier alpha value is -1.69. The van der Waals surface area contributed by atoms with E-state index in [0.29, 0.717) is 21.5 Å². The number of amides is 1. The first kappa shape index (κ1) is 18.6. The molecule has 0 fully saturated rings. The van der Waals surface area contributed by atoms with Gasteiger partial charge in [-0.25, -0.2) is 0 Å². The van der Waals surface area contributed by atoms with Crippen molar-refractivity contribution in [3.05, 3.63) is 64.1 Å². The fourth-order valence-electron chi connectivity index (χ4n) is 1.79. The molecular formula is C17H15Cl2NO3S. The maximum atomic E-state index is 11.7. The zero-order chi connectivity index (χ0) is 17.4. The molecule has 4 nitrogen and oxygen atoms in total. The molecule has 0 spiro atoms. The molecule has 0 aromatic heterocycles. The lowest BCUT2D eigenvalue weighted by atomic mass is 10.2. The van der Waals surface area contributed by atoms with Gasteiger partial charge in [0.05, 0.1) is 15.8 Å². The van der Waals surface area contributed by atoms with Crippen molar-refractivity contribution < 1.29 is 14.3 Å². The molecule has 1 amide bonds. The Morgan fingerprint density at radius 3 is 2.50 bits per heavy atom. The van der Waals surface area contributed by atoms with Crippen molar-refractivity contribution in [2.75, 3.05) is 17.7 Å². The van der Waals surface area contributed by atoms with Gasteiger partial charge in [0.25, 0.3) is 5.91 Å². The fraction of sp³-hybridized carbons (Fsp3) is 0.176. The average Bonchev–Trinajstić information content (AvgIpc) is 2.57. The quantitative estimate of drug-likeness (QED) is 0.719. The van der Waals surface area contributed by atoms with E-state index in [9.17, 15) is 9.59 Å². The molecule has 0 saturated heterocycles. The summed E-state index contributed by atoms with van der Waals surface area (Å²) in [7, 11) is 0. The van der Waals surface area contributed by atoms with Crippen LogP contribution in [0.3, 0.4) is 0 Å². The summed E-state index contributed by atoms with van der Waals surface area (Å²) >= 11 is 13.1. The minimum absolute atomic E-state index is 0.152. The number of hydrogen-bond donors (Lipinski definition) is 1. The van der Waals surface area contributed by atoms with E-state index in [-0.39, 0.29) is 18.3 Å². The molecular weight excluding hydrogens is 369 g/mol. The van der Waals surface area contributed by atoms with E-state index in [0.717, 1.165) is 5.56 Å². The maximum Gasteiger partial charge on any atom is 0.316 e. The molecule has 2 aromatic carbocycles. The van der Waals surface area contributed by atoms with Crippen molar-refractivity contribution >= 4 is 52.5 Å². The van der Waals surface area contributed by atoms with Crippen LogP contribution < -0.4 is 5.32 Å². The van der Waals surface area contributed by atoms with Gasteiger partial charge in [0.15, 0.2) is 6.61 Å². The highest BCUT2D eigenvalue weighted by Crippen LogP contribution is 2.24. The van der Waals surface area contributed by atoms with E-state index in [1.54, 1.807) is 36.4 Å². The van der Waals surface area contributed by atoms with E-state index < -0.39 is 5.97 Å². The number of carbonyl (C=O) groups excluding carboxylic acids is 2. The smallest absolute Gasteiger partial charge is 0.316 e. The van der Waals surface area contributed by atoms with E-state index in [2.05, 4.69) is 5.32 Å². The number of esters is 1. The third-order valence-electron chi connectivity index (χ3n) is 2.89. The largest absolute Gasteiger partial charge is 0.455 e. The van der Waals surface area contributed by atoms with E-state index in [4.69, 9.17) is 27.9 Å². The van der Waals surface area contributed by atoms with Crippen LogP contribution in [0.4, 0.5) is 5.69 Å². The molecule has 0 saturated carbocycles. The van der Waals surface area contributed by atoms with Gasteiger partial charge in [-0.15, -0.1) is 11.8 Å². The molecule has 0 aliphatic heterocycles. The second kappa shape index (κ2) is 9.57. The number of carbonyl (C=O) groups is 2. The lowest BCUT2D eigenvalue weighted by Crippen LogP contribution is -2.21. The summed E-state index contributed by atoms with van der Waals surface area (Å²) in [6.07, 6.45) is 0. The van der Waals surface area contributed by atoms with Gasteiger partial charge in [0.2, 0.25) is 0 Å².